The van der Waals surface area contributed by atoms with Gasteiger partial charge in [0.25, 0.3) is 0 Å². The number of pyridine rings is 1. The molecule has 0 fully saturated rings. The average Bonchev–Trinajstić information content (AvgIpc) is 2.20. The third-order valence-corrected chi connectivity index (χ3v) is 1.85. The van der Waals surface area contributed by atoms with E-state index in [2.05, 4.69) is 10.3 Å². The monoisotopic (exact) mass is 210 g/mol. The van der Waals surface area contributed by atoms with Gasteiger partial charge in [0.05, 0.1) is 24.6 Å². The lowest BCUT2D eigenvalue weighted by molar-refractivity contribution is 0.0806. The summed E-state index contributed by atoms with van der Waals surface area (Å²) >= 11 is 0. The molecule has 2 N–H and O–H groups in total. The van der Waals surface area contributed by atoms with E-state index in [-0.39, 0.29) is 11.9 Å². The fourth-order valence-corrected chi connectivity index (χ4v) is 1.10. The van der Waals surface area contributed by atoms with Crippen LogP contribution >= 0.6 is 0 Å². The highest BCUT2D eigenvalue weighted by atomic mass is 16.5. The van der Waals surface area contributed by atoms with Gasteiger partial charge in [-0.25, -0.2) is 0 Å². The Bertz CT molecular complexity index is 272. The Balaban J connectivity index is 2.12. The minimum atomic E-state index is 0.196. The molecule has 0 aliphatic heterocycles. The van der Waals surface area contributed by atoms with E-state index in [4.69, 9.17) is 9.84 Å². The van der Waals surface area contributed by atoms with Crippen molar-refractivity contribution in [2.75, 3.05) is 13.2 Å². The Morgan fingerprint density at radius 2 is 2.27 bits per heavy atom. The number of hydrogen-bond donors (Lipinski definition) is 2. The molecule has 0 spiro atoms. The normalized spacial score (nSPS) is 10.9. The van der Waals surface area contributed by atoms with Crippen LogP contribution in [0.15, 0.2) is 18.3 Å². The molecule has 0 saturated heterocycles. The van der Waals surface area contributed by atoms with E-state index in [0.29, 0.717) is 13.2 Å². The zero-order chi connectivity index (χ0) is 11.1. The molecule has 4 nitrogen and oxygen atoms in total. The Kier molecular flexibility index (Phi) is 5.07. The molecule has 1 heterocycles. The second-order valence-electron chi connectivity index (χ2n) is 3.60. The number of aromatic nitrogens is 1. The standard InChI is InChI=1S/C11H18N2O2/c1-9(2)15-6-5-12-7-10-3-4-11(14)8-13-10/h3-4,8-9,12,14H,5-7H2,1-2H3. The number of hydrogen-bond acceptors (Lipinski definition) is 4. The second kappa shape index (κ2) is 6.37. The largest absolute Gasteiger partial charge is 0.506 e. The topological polar surface area (TPSA) is 54.4 Å². The third kappa shape index (κ3) is 5.34. The molecule has 1 aromatic rings. The van der Waals surface area contributed by atoms with E-state index < -0.39 is 0 Å². The quantitative estimate of drug-likeness (QED) is 0.695. The number of nitrogens with one attached hydrogen (secondary N) is 1. The van der Waals surface area contributed by atoms with Crippen LogP contribution in [0.2, 0.25) is 0 Å². The van der Waals surface area contributed by atoms with E-state index in [1.54, 1.807) is 12.1 Å². The molecular formula is C11H18N2O2. The first-order valence-electron chi connectivity index (χ1n) is 5.14. The Morgan fingerprint density at radius 1 is 1.47 bits per heavy atom. The summed E-state index contributed by atoms with van der Waals surface area (Å²) in [6.45, 7) is 6.24. The fraction of sp³-hybridized carbons (Fsp3) is 0.545. The van der Waals surface area contributed by atoms with Gasteiger partial charge in [-0.15, -0.1) is 0 Å². The molecule has 0 aromatic carbocycles. The van der Waals surface area contributed by atoms with E-state index in [1.807, 2.05) is 13.8 Å². The van der Waals surface area contributed by atoms with Crippen molar-refractivity contribution < 1.29 is 9.84 Å². The first-order chi connectivity index (χ1) is 7.18. The predicted molar refractivity (Wildman–Crippen MR) is 58.7 cm³/mol. The summed E-state index contributed by atoms with van der Waals surface area (Å²) in [5.41, 5.74) is 0.914. The van der Waals surface area contributed by atoms with Crippen LogP contribution in [0.3, 0.4) is 0 Å². The molecular weight excluding hydrogens is 192 g/mol. The van der Waals surface area contributed by atoms with Gasteiger partial charge in [-0.2, -0.15) is 0 Å². The molecule has 0 atom stereocenters. The fourth-order valence-electron chi connectivity index (χ4n) is 1.10. The van der Waals surface area contributed by atoms with E-state index in [9.17, 15) is 0 Å². The molecule has 15 heavy (non-hydrogen) atoms. The lowest BCUT2D eigenvalue weighted by atomic mass is 10.3. The number of nitrogens with zero attached hydrogens (tertiary/aromatic N) is 1. The molecule has 0 unspecified atom stereocenters. The summed E-state index contributed by atoms with van der Waals surface area (Å²) in [5.74, 6) is 0.196. The summed E-state index contributed by atoms with van der Waals surface area (Å²) in [6, 6.07) is 3.43. The van der Waals surface area contributed by atoms with Crippen molar-refractivity contribution in [2.45, 2.75) is 26.5 Å². The van der Waals surface area contributed by atoms with Crippen LogP contribution in [-0.2, 0) is 11.3 Å². The summed E-state index contributed by atoms with van der Waals surface area (Å²) < 4.78 is 5.38. The Hall–Kier alpha value is -1.13. The van der Waals surface area contributed by atoms with Gasteiger partial charge in [-0.1, -0.05) is 0 Å². The van der Waals surface area contributed by atoms with Crippen molar-refractivity contribution in [3.63, 3.8) is 0 Å². The zero-order valence-corrected chi connectivity index (χ0v) is 9.23. The molecule has 1 aromatic heterocycles. The van der Waals surface area contributed by atoms with E-state index in [0.717, 1.165) is 12.2 Å². The van der Waals surface area contributed by atoms with Crippen LogP contribution in [0.25, 0.3) is 0 Å². The lowest BCUT2D eigenvalue weighted by Gasteiger charge is -2.08. The summed E-state index contributed by atoms with van der Waals surface area (Å²) in [7, 11) is 0. The molecule has 0 saturated carbocycles. The van der Waals surface area contributed by atoms with Crippen molar-refractivity contribution >= 4 is 0 Å². The van der Waals surface area contributed by atoms with Crippen LogP contribution in [0.4, 0.5) is 0 Å². The van der Waals surface area contributed by atoms with Crippen LogP contribution in [-0.4, -0.2) is 29.3 Å². The highest BCUT2D eigenvalue weighted by molar-refractivity contribution is 5.17. The second-order valence-corrected chi connectivity index (χ2v) is 3.60. The number of aromatic hydroxyl groups is 1. The zero-order valence-electron chi connectivity index (χ0n) is 9.23. The summed E-state index contributed by atoms with van der Waals surface area (Å²) in [6.07, 6.45) is 1.72. The van der Waals surface area contributed by atoms with Crippen LogP contribution < -0.4 is 5.32 Å². The first-order valence-corrected chi connectivity index (χ1v) is 5.14. The van der Waals surface area contributed by atoms with E-state index >= 15 is 0 Å². The molecule has 84 valence electrons. The van der Waals surface area contributed by atoms with Gasteiger partial charge in [0, 0.05) is 13.1 Å². The first kappa shape index (κ1) is 11.9. The molecule has 0 aliphatic carbocycles. The Labute approximate surface area is 90.3 Å². The molecule has 0 bridgehead atoms. The van der Waals surface area contributed by atoms with Gasteiger partial charge >= 0.3 is 0 Å². The summed E-state index contributed by atoms with van der Waals surface area (Å²) in [4.78, 5) is 4.06. The summed E-state index contributed by atoms with van der Waals surface area (Å²) in [5, 5.41) is 12.2. The maximum absolute atomic E-state index is 9.02. The van der Waals surface area contributed by atoms with Crippen LogP contribution in [0.1, 0.15) is 19.5 Å². The molecule has 0 radical (unpaired) electrons. The van der Waals surface area contributed by atoms with Crippen molar-refractivity contribution in [3.05, 3.63) is 24.0 Å². The average molecular weight is 210 g/mol. The van der Waals surface area contributed by atoms with Crippen molar-refractivity contribution in [1.82, 2.24) is 10.3 Å². The van der Waals surface area contributed by atoms with Gasteiger partial charge < -0.3 is 15.2 Å². The molecule has 0 amide bonds. The highest BCUT2D eigenvalue weighted by Crippen LogP contribution is 2.05. The lowest BCUT2D eigenvalue weighted by Crippen LogP contribution is -2.21. The molecule has 0 aliphatic rings. The SMILES string of the molecule is CC(C)OCCNCc1ccc(O)cn1. The van der Waals surface area contributed by atoms with Crippen molar-refractivity contribution in [1.29, 1.82) is 0 Å². The van der Waals surface area contributed by atoms with Gasteiger partial charge in [0.2, 0.25) is 0 Å². The minimum absolute atomic E-state index is 0.196. The van der Waals surface area contributed by atoms with Gasteiger partial charge in [-0.3, -0.25) is 4.98 Å². The maximum Gasteiger partial charge on any atom is 0.133 e. The molecule has 1 rings (SSSR count). The Morgan fingerprint density at radius 3 is 2.87 bits per heavy atom. The number of rotatable bonds is 6. The molecule has 4 heteroatoms. The third-order valence-electron chi connectivity index (χ3n) is 1.85. The number of ether oxygens (including phenoxy) is 1. The maximum atomic E-state index is 9.02. The van der Waals surface area contributed by atoms with Crippen molar-refractivity contribution in [3.8, 4) is 5.75 Å². The van der Waals surface area contributed by atoms with E-state index in [1.165, 1.54) is 6.20 Å². The van der Waals surface area contributed by atoms with Gasteiger partial charge in [-0.05, 0) is 26.0 Å². The smallest absolute Gasteiger partial charge is 0.133 e. The predicted octanol–water partition coefficient (Wildman–Crippen LogP) is 1.30. The minimum Gasteiger partial charge on any atom is -0.506 e. The van der Waals surface area contributed by atoms with Crippen molar-refractivity contribution in [2.24, 2.45) is 0 Å². The van der Waals surface area contributed by atoms with Crippen LogP contribution in [0, 0.1) is 0 Å². The van der Waals surface area contributed by atoms with Gasteiger partial charge in [0.1, 0.15) is 5.75 Å². The van der Waals surface area contributed by atoms with Crippen LogP contribution in [0.5, 0.6) is 5.75 Å². The van der Waals surface area contributed by atoms with Gasteiger partial charge in [0.15, 0.2) is 0 Å². The highest BCUT2D eigenvalue weighted by Gasteiger charge is 1.95.